The van der Waals surface area contributed by atoms with Crippen molar-refractivity contribution in [3.05, 3.63) is 114 Å². The largest absolute Gasteiger partial charge is 0.497 e. The Morgan fingerprint density at radius 1 is 0.923 bits per heavy atom. The molecule has 3 aromatic carbocycles. The highest BCUT2D eigenvalue weighted by Crippen LogP contribution is 2.34. The number of pyridine rings is 1. The van der Waals surface area contributed by atoms with Gasteiger partial charge >= 0.3 is 0 Å². The average Bonchev–Trinajstić information content (AvgIpc) is 3.42. The molecule has 0 unspecified atom stereocenters. The van der Waals surface area contributed by atoms with Gasteiger partial charge in [-0.1, -0.05) is 18.2 Å². The molecule has 3 heterocycles. The molecule has 0 aliphatic heterocycles. The SMILES string of the molecule is COc1ccc(CNC(=O)c2ccc(S(=O)(=O)N(c3ccc(C)c(S(N)(=O)=O)c3)c3nccc(N(C)c4ccc5c(C)n(C)nc5c4)n3)nc2)cc1. The molecule has 0 aliphatic carbocycles. The monoisotopic (exact) mass is 741 g/mol. The summed E-state index contributed by atoms with van der Waals surface area (Å²) >= 11 is 0. The number of benzene rings is 3. The Kier molecular flexibility index (Phi) is 9.67. The Hall–Kier alpha value is -5.91. The highest BCUT2D eigenvalue weighted by atomic mass is 32.2. The molecule has 52 heavy (non-hydrogen) atoms. The van der Waals surface area contributed by atoms with Crippen LogP contribution in [-0.4, -0.2) is 61.6 Å². The number of amides is 1. The van der Waals surface area contributed by atoms with Crippen LogP contribution in [0.1, 0.15) is 27.2 Å². The minimum absolute atomic E-state index is 0.108. The Bertz CT molecular complexity index is 2520. The molecule has 0 bridgehead atoms. The number of sulfonamides is 2. The fourth-order valence-corrected chi connectivity index (χ4v) is 7.57. The second-order valence-electron chi connectivity index (χ2n) is 11.9. The lowest BCUT2D eigenvalue weighted by atomic mass is 10.2. The van der Waals surface area contributed by atoms with Crippen LogP contribution in [-0.2, 0) is 33.6 Å². The van der Waals surface area contributed by atoms with Crippen LogP contribution in [0.2, 0.25) is 0 Å². The van der Waals surface area contributed by atoms with Gasteiger partial charge < -0.3 is 15.0 Å². The van der Waals surface area contributed by atoms with Gasteiger partial charge in [0.1, 0.15) is 11.6 Å². The number of aryl methyl sites for hydroxylation is 3. The fourth-order valence-electron chi connectivity index (χ4n) is 5.46. The third kappa shape index (κ3) is 7.14. The number of nitrogens with zero attached hydrogens (tertiary/aromatic N) is 7. The van der Waals surface area contributed by atoms with E-state index in [-0.39, 0.29) is 28.6 Å². The molecule has 0 fully saturated rings. The van der Waals surface area contributed by atoms with Crippen LogP contribution in [0.3, 0.4) is 0 Å². The maximum Gasteiger partial charge on any atom is 0.288 e. The van der Waals surface area contributed by atoms with Gasteiger partial charge in [-0.2, -0.15) is 22.8 Å². The first-order valence-electron chi connectivity index (χ1n) is 15.7. The number of fused-ring (bicyclic) bond motifs is 1. The predicted octanol–water partition coefficient (Wildman–Crippen LogP) is 4.26. The van der Waals surface area contributed by atoms with Crippen LogP contribution >= 0.6 is 0 Å². The molecule has 0 saturated heterocycles. The maximum absolute atomic E-state index is 14.4. The highest BCUT2D eigenvalue weighted by molar-refractivity contribution is 7.93. The first-order chi connectivity index (χ1) is 24.7. The second-order valence-corrected chi connectivity index (χ2v) is 15.1. The number of nitrogens with two attached hydrogens (primary N) is 1. The zero-order valence-electron chi connectivity index (χ0n) is 28.8. The summed E-state index contributed by atoms with van der Waals surface area (Å²) in [5.74, 6) is 0.233. The zero-order valence-corrected chi connectivity index (χ0v) is 30.5. The fraction of sp³-hybridized carbons (Fsp3) is 0.171. The van der Waals surface area contributed by atoms with E-state index in [4.69, 9.17) is 9.88 Å². The van der Waals surface area contributed by atoms with E-state index in [1.54, 1.807) is 41.9 Å². The van der Waals surface area contributed by atoms with Crippen LogP contribution in [0, 0.1) is 13.8 Å². The normalized spacial score (nSPS) is 11.7. The van der Waals surface area contributed by atoms with Gasteiger partial charge in [0, 0.05) is 49.8 Å². The van der Waals surface area contributed by atoms with Crippen molar-refractivity contribution in [1.82, 2.24) is 30.0 Å². The topological polar surface area (TPSA) is 196 Å². The Morgan fingerprint density at radius 3 is 2.33 bits per heavy atom. The van der Waals surface area contributed by atoms with E-state index in [1.165, 1.54) is 37.4 Å². The number of methoxy groups -OCH3 is 1. The lowest BCUT2D eigenvalue weighted by molar-refractivity contribution is 0.0950. The number of rotatable bonds is 11. The zero-order chi connectivity index (χ0) is 37.4. The Morgan fingerprint density at radius 2 is 1.65 bits per heavy atom. The number of aromatic nitrogens is 5. The Balaban J connectivity index is 1.36. The summed E-state index contributed by atoms with van der Waals surface area (Å²) in [5, 5.41) is 13.4. The van der Waals surface area contributed by atoms with E-state index in [9.17, 15) is 21.6 Å². The van der Waals surface area contributed by atoms with Crippen molar-refractivity contribution in [1.29, 1.82) is 0 Å². The van der Waals surface area contributed by atoms with Gasteiger partial charge in [-0.3, -0.25) is 9.48 Å². The van der Waals surface area contributed by atoms with Crippen LogP contribution in [0.15, 0.2) is 101 Å². The van der Waals surface area contributed by atoms with Crippen LogP contribution < -0.4 is 24.4 Å². The molecule has 3 N–H and O–H groups in total. The molecule has 0 saturated carbocycles. The quantitative estimate of drug-likeness (QED) is 0.193. The van der Waals surface area contributed by atoms with Gasteiger partial charge in [0.25, 0.3) is 15.9 Å². The second kappa shape index (κ2) is 14.0. The van der Waals surface area contributed by atoms with Crippen molar-refractivity contribution < 1.29 is 26.4 Å². The van der Waals surface area contributed by atoms with Gasteiger partial charge in [0.05, 0.1) is 28.8 Å². The molecule has 0 aliphatic rings. The van der Waals surface area contributed by atoms with Crippen molar-refractivity contribution in [3.63, 3.8) is 0 Å². The van der Waals surface area contributed by atoms with Gasteiger partial charge in [0.15, 0.2) is 5.03 Å². The minimum atomic E-state index is -4.64. The van der Waals surface area contributed by atoms with Crippen LogP contribution in [0.4, 0.5) is 23.1 Å². The lowest BCUT2D eigenvalue weighted by Gasteiger charge is -2.25. The van der Waals surface area contributed by atoms with E-state index < -0.39 is 31.0 Å². The lowest BCUT2D eigenvalue weighted by Crippen LogP contribution is -2.30. The number of hydrogen-bond donors (Lipinski definition) is 2. The molecule has 268 valence electrons. The third-order valence-corrected chi connectivity index (χ3v) is 11.2. The number of ether oxygens (including phenoxy) is 1. The van der Waals surface area contributed by atoms with Crippen LogP contribution in [0.5, 0.6) is 5.75 Å². The molecule has 6 rings (SSSR count). The smallest absolute Gasteiger partial charge is 0.288 e. The van der Waals surface area contributed by atoms with Gasteiger partial charge in [-0.15, -0.1) is 0 Å². The summed E-state index contributed by atoms with van der Waals surface area (Å²) < 4.78 is 61.5. The van der Waals surface area contributed by atoms with Crippen molar-refractivity contribution >= 4 is 60.0 Å². The first-order valence-corrected chi connectivity index (χ1v) is 18.7. The molecule has 6 aromatic rings. The van der Waals surface area contributed by atoms with Crippen molar-refractivity contribution in [3.8, 4) is 5.75 Å². The van der Waals surface area contributed by atoms with E-state index in [2.05, 4.69) is 25.4 Å². The predicted molar refractivity (Wildman–Crippen MR) is 196 cm³/mol. The van der Waals surface area contributed by atoms with E-state index in [0.717, 1.165) is 44.4 Å². The highest BCUT2D eigenvalue weighted by Gasteiger charge is 2.32. The summed E-state index contributed by atoms with van der Waals surface area (Å²) in [4.78, 5) is 27.4. The van der Waals surface area contributed by atoms with Crippen molar-refractivity contribution in [2.75, 3.05) is 23.4 Å². The number of carbonyl (C=O) groups is 1. The summed E-state index contributed by atoms with van der Waals surface area (Å²) in [5.41, 5.74) is 3.63. The number of nitrogens with one attached hydrogen (secondary N) is 1. The molecule has 0 radical (unpaired) electrons. The number of primary sulfonamides is 1. The summed E-state index contributed by atoms with van der Waals surface area (Å²) in [6.07, 6.45) is 2.53. The Labute approximate surface area is 300 Å². The first kappa shape index (κ1) is 35.9. The summed E-state index contributed by atoms with van der Waals surface area (Å²) in [6, 6.07) is 21.0. The maximum atomic E-state index is 14.4. The molecule has 17 heteroatoms. The third-order valence-electron chi connectivity index (χ3n) is 8.48. The van der Waals surface area contributed by atoms with E-state index >= 15 is 0 Å². The van der Waals surface area contributed by atoms with Crippen molar-refractivity contribution in [2.24, 2.45) is 12.2 Å². The number of hydrogen-bond acceptors (Lipinski definition) is 11. The van der Waals surface area contributed by atoms with Crippen LogP contribution in [0.25, 0.3) is 10.9 Å². The minimum Gasteiger partial charge on any atom is -0.497 e. The van der Waals surface area contributed by atoms with E-state index in [0.29, 0.717) is 17.1 Å². The van der Waals surface area contributed by atoms with Gasteiger partial charge in [-0.05, 0) is 85.6 Å². The number of carbonyl (C=O) groups excluding carboxylic acids is 1. The van der Waals surface area contributed by atoms with E-state index in [1.807, 2.05) is 44.3 Å². The summed E-state index contributed by atoms with van der Waals surface area (Å²) in [7, 11) is -3.71. The summed E-state index contributed by atoms with van der Waals surface area (Å²) in [6.45, 7) is 3.72. The molecular weight excluding hydrogens is 707 g/mol. The molecule has 0 atom stereocenters. The standard InChI is InChI=1S/C35H35N9O6S2/c1-22-6-10-27(19-31(22)51(36,46)47)44(35-37-17-16-32(40-35)42(3)26-11-14-29-23(2)43(4)41-30(29)18-26)52(48,49)33-15-9-25(21-38-33)34(45)39-20-24-7-12-28(50-5)13-8-24/h6-19,21H,20H2,1-5H3,(H,39,45)(H2,36,46,47). The molecule has 3 aromatic heterocycles. The average molecular weight is 742 g/mol. The molecular formula is C35H35N9O6S2. The molecule has 0 spiro atoms. The number of anilines is 4. The molecule has 15 nitrogen and oxygen atoms in total. The van der Waals surface area contributed by atoms with Crippen molar-refractivity contribution in [2.45, 2.75) is 30.3 Å². The molecule has 1 amide bonds. The van der Waals surface area contributed by atoms with Gasteiger partial charge in [0.2, 0.25) is 16.0 Å². The van der Waals surface area contributed by atoms with Gasteiger partial charge in [-0.25, -0.2) is 23.5 Å².